The van der Waals surface area contributed by atoms with E-state index in [-0.39, 0.29) is 11.8 Å². The van der Waals surface area contributed by atoms with E-state index in [2.05, 4.69) is 0 Å². The molecule has 1 aliphatic heterocycles. The minimum atomic E-state index is -0.525. The molecule has 124 valence electrons. The first-order valence-electron chi connectivity index (χ1n) is 7.92. The van der Waals surface area contributed by atoms with Gasteiger partial charge in [-0.25, -0.2) is 0 Å². The van der Waals surface area contributed by atoms with Gasteiger partial charge in [0, 0.05) is 18.7 Å². The quantitative estimate of drug-likeness (QED) is 0.837. The predicted molar refractivity (Wildman–Crippen MR) is 95.5 cm³/mol. The van der Waals surface area contributed by atoms with Gasteiger partial charge in [0.05, 0.1) is 10.7 Å². The van der Waals surface area contributed by atoms with Crippen molar-refractivity contribution < 1.29 is 9.59 Å². The van der Waals surface area contributed by atoms with Crippen molar-refractivity contribution in [2.45, 2.75) is 19.9 Å². The Morgan fingerprint density at radius 2 is 1.88 bits per heavy atom. The number of hydrogen-bond acceptors (Lipinski definition) is 2. The number of anilines is 1. The molecule has 24 heavy (non-hydrogen) atoms. The zero-order valence-electron chi connectivity index (χ0n) is 13.7. The van der Waals surface area contributed by atoms with E-state index in [9.17, 15) is 9.59 Å². The molecule has 1 aliphatic rings. The SMILES string of the molecule is Cc1cccc(C(=O)N2CCN(c3ccccc3Cl)C(=O)[C@H]2C)c1. The van der Waals surface area contributed by atoms with Crippen LogP contribution in [0.4, 0.5) is 5.69 Å². The number of rotatable bonds is 2. The maximum atomic E-state index is 12.8. The number of halogens is 1. The molecule has 0 spiro atoms. The van der Waals surface area contributed by atoms with Gasteiger partial charge in [0.15, 0.2) is 0 Å². The summed E-state index contributed by atoms with van der Waals surface area (Å²) in [7, 11) is 0. The van der Waals surface area contributed by atoms with Gasteiger partial charge in [0.1, 0.15) is 6.04 Å². The lowest BCUT2D eigenvalue weighted by atomic mass is 10.1. The van der Waals surface area contributed by atoms with Gasteiger partial charge in [-0.1, -0.05) is 41.4 Å². The van der Waals surface area contributed by atoms with E-state index < -0.39 is 6.04 Å². The Morgan fingerprint density at radius 1 is 1.12 bits per heavy atom. The van der Waals surface area contributed by atoms with Gasteiger partial charge in [-0.2, -0.15) is 0 Å². The molecule has 1 fully saturated rings. The highest BCUT2D eigenvalue weighted by atomic mass is 35.5. The highest BCUT2D eigenvalue weighted by Gasteiger charge is 2.35. The Balaban J connectivity index is 1.83. The molecule has 3 rings (SSSR count). The number of para-hydroxylation sites is 1. The topological polar surface area (TPSA) is 40.6 Å². The largest absolute Gasteiger partial charge is 0.325 e. The molecule has 1 atom stereocenters. The molecule has 4 nitrogen and oxygen atoms in total. The number of carbonyl (C=O) groups excluding carboxylic acids is 2. The number of carbonyl (C=O) groups is 2. The van der Waals surface area contributed by atoms with Crippen LogP contribution in [0.2, 0.25) is 5.02 Å². The molecule has 2 aromatic rings. The molecule has 5 heteroatoms. The van der Waals surface area contributed by atoms with E-state index in [1.165, 1.54) is 0 Å². The van der Waals surface area contributed by atoms with Crippen LogP contribution >= 0.6 is 11.6 Å². The second-order valence-corrected chi connectivity index (χ2v) is 6.39. The van der Waals surface area contributed by atoms with Crippen molar-refractivity contribution in [3.8, 4) is 0 Å². The van der Waals surface area contributed by atoms with Crippen molar-refractivity contribution in [2.24, 2.45) is 0 Å². The summed E-state index contributed by atoms with van der Waals surface area (Å²) in [4.78, 5) is 28.8. The summed E-state index contributed by atoms with van der Waals surface area (Å²) < 4.78 is 0. The fourth-order valence-corrected chi connectivity index (χ4v) is 3.24. The average molecular weight is 343 g/mol. The highest BCUT2D eigenvalue weighted by Crippen LogP contribution is 2.28. The van der Waals surface area contributed by atoms with Crippen molar-refractivity contribution >= 4 is 29.1 Å². The second-order valence-electron chi connectivity index (χ2n) is 5.99. The van der Waals surface area contributed by atoms with Crippen LogP contribution in [0.15, 0.2) is 48.5 Å². The van der Waals surface area contributed by atoms with Crippen molar-refractivity contribution in [2.75, 3.05) is 18.0 Å². The number of amides is 2. The fraction of sp³-hybridized carbons (Fsp3) is 0.263. The first-order chi connectivity index (χ1) is 11.5. The predicted octanol–water partition coefficient (Wildman–Crippen LogP) is 3.53. The van der Waals surface area contributed by atoms with Crippen LogP contribution in [0, 0.1) is 6.92 Å². The molecule has 1 heterocycles. The number of piperazine rings is 1. The Labute approximate surface area is 146 Å². The Morgan fingerprint density at radius 3 is 2.58 bits per heavy atom. The first-order valence-corrected chi connectivity index (χ1v) is 8.30. The molecule has 1 saturated heterocycles. The van der Waals surface area contributed by atoms with E-state index >= 15 is 0 Å². The van der Waals surface area contributed by atoms with Crippen molar-refractivity contribution in [1.82, 2.24) is 4.90 Å². The zero-order valence-corrected chi connectivity index (χ0v) is 14.5. The Kier molecular flexibility index (Phi) is 4.58. The molecule has 2 amide bonds. The maximum Gasteiger partial charge on any atom is 0.254 e. The monoisotopic (exact) mass is 342 g/mol. The third-order valence-corrected chi connectivity index (χ3v) is 4.64. The van der Waals surface area contributed by atoms with Gasteiger partial charge in [-0.3, -0.25) is 9.59 Å². The Bertz CT molecular complexity index is 790. The normalized spacial score (nSPS) is 18.0. The van der Waals surface area contributed by atoms with Crippen LogP contribution in [0.5, 0.6) is 0 Å². The van der Waals surface area contributed by atoms with Crippen LogP contribution in [0.1, 0.15) is 22.8 Å². The average Bonchev–Trinajstić information content (AvgIpc) is 2.57. The second kappa shape index (κ2) is 6.65. The van der Waals surface area contributed by atoms with Gasteiger partial charge >= 0.3 is 0 Å². The number of nitrogens with zero attached hydrogens (tertiary/aromatic N) is 2. The van der Waals surface area contributed by atoms with Gasteiger partial charge < -0.3 is 9.80 Å². The summed E-state index contributed by atoms with van der Waals surface area (Å²) in [6, 6.07) is 14.2. The number of benzene rings is 2. The van der Waals surface area contributed by atoms with Gasteiger partial charge in [-0.15, -0.1) is 0 Å². The molecular weight excluding hydrogens is 324 g/mol. The minimum Gasteiger partial charge on any atom is -0.325 e. The van der Waals surface area contributed by atoms with Crippen LogP contribution in [-0.4, -0.2) is 35.8 Å². The molecule has 2 aromatic carbocycles. The molecule has 0 radical (unpaired) electrons. The van der Waals surface area contributed by atoms with E-state index in [1.807, 2.05) is 43.3 Å². The lowest BCUT2D eigenvalue weighted by Crippen LogP contribution is -2.57. The highest BCUT2D eigenvalue weighted by molar-refractivity contribution is 6.33. The van der Waals surface area contributed by atoms with Crippen LogP contribution in [-0.2, 0) is 4.79 Å². The lowest BCUT2D eigenvalue weighted by Gasteiger charge is -2.39. The molecule has 0 unspecified atom stereocenters. The molecule has 0 bridgehead atoms. The maximum absolute atomic E-state index is 12.8. The van der Waals surface area contributed by atoms with Crippen molar-refractivity contribution in [1.29, 1.82) is 0 Å². The lowest BCUT2D eigenvalue weighted by molar-refractivity contribution is -0.124. The standard InChI is InChI=1S/C19H19ClN2O2/c1-13-6-5-7-15(12-13)19(24)21-10-11-22(18(23)14(21)2)17-9-4-3-8-16(17)20/h3-9,12,14H,10-11H2,1-2H3/t14-/m1/s1. The molecule has 0 aromatic heterocycles. The summed E-state index contributed by atoms with van der Waals surface area (Å²) in [6.07, 6.45) is 0. The molecular formula is C19H19ClN2O2. The fourth-order valence-electron chi connectivity index (χ4n) is 3.00. The summed E-state index contributed by atoms with van der Waals surface area (Å²) in [5.74, 6) is -0.228. The first kappa shape index (κ1) is 16.5. The van der Waals surface area contributed by atoms with E-state index in [0.29, 0.717) is 29.4 Å². The minimum absolute atomic E-state index is 0.113. The molecule has 0 saturated carbocycles. The third kappa shape index (κ3) is 3.02. The third-order valence-electron chi connectivity index (χ3n) is 4.32. The summed E-state index contributed by atoms with van der Waals surface area (Å²) >= 11 is 6.21. The molecule has 0 aliphatic carbocycles. The zero-order chi connectivity index (χ0) is 17.3. The number of aryl methyl sites for hydroxylation is 1. The van der Waals surface area contributed by atoms with E-state index in [1.54, 1.807) is 28.9 Å². The van der Waals surface area contributed by atoms with Gasteiger partial charge in [0.25, 0.3) is 5.91 Å². The van der Waals surface area contributed by atoms with E-state index in [4.69, 9.17) is 11.6 Å². The van der Waals surface area contributed by atoms with Gasteiger partial charge in [0.2, 0.25) is 5.91 Å². The number of hydrogen-bond donors (Lipinski definition) is 0. The summed E-state index contributed by atoms with van der Waals surface area (Å²) in [5, 5.41) is 0.538. The summed E-state index contributed by atoms with van der Waals surface area (Å²) in [5.41, 5.74) is 2.33. The van der Waals surface area contributed by atoms with E-state index in [0.717, 1.165) is 5.56 Å². The Hall–Kier alpha value is -2.33. The van der Waals surface area contributed by atoms with Crippen LogP contribution < -0.4 is 4.90 Å². The summed E-state index contributed by atoms with van der Waals surface area (Å²) in [6.45, 7) is 4.62. The smallest absolute Gasteiger partial charge is 0.254 e. The molecule has 0 N–H and O–H groups in total. The van der Waals surface area contributed by atoms with Crippen LogP contribution in [0.3, 0.4) is 0 Å². The van der Waals surface area contributed by atoms with Crippen LogP contribution in [0.25, 0.3) is 0 Å². The van der Waals surface area contributed by atoms with Crippen molar-refractivity contribution in [3.63, 3.8) is 0 Å². The van der Waals surface area contributed by atoms with Gasteiger partial charge in [-0.05, 0) is 38.1 Å². The van der Waals surface area contributed by atoms with Crippen molar-refractivity contribution in [3.05, 3.63) is 64.7 Å².